The topological polar surface area (TPSA) is 63.6 Å². The Morgan fingerprint density at radius 3 is 2.11 bits per heavy atom. The molecule has 3 aromatic rings. The van der Waals surface area contributed by atoms with Gasteiger partial charge in [-0.25, -0.2) is 0 Å². The second-order valence-electron chi connectivity index (χ2n) is 5.69. The fourth-order valence-electron chi connectivity index (χ4n) is 2.27. The van der Waals surface area contributed by atoms with E-state index in [4.69, 9.17) is 4.18 Å². The summed E-state index contributed by atoms with van der Waals surface area (Å²) in [5, 5.41) is 9.50. The molecule has 0 radical (unpaired) electrons. The van der Waals surface area contributed by atoms with E-state index >= 15 is 0 Å². The van der Waals surface area contributed by atoms with E-state index in [1.54, 1.807) is 37.3 Å². The Hall–Kier alpha value is -2.44. The molecule has 0 unspecified atom stereocenters. The van der Waals surface area contributed by atoms with E-state index in [1.807, 2.05) is 17.8 Å². The smallest absolute Gasteiger partial charge is 0.339 e. The normalized spacial score (nSPS) is 10.6. The van der Waals surface area contributed by atoms with Gasteiger partial charge in [-0.1, -0.05) is 60.7 Å². The van der Waals surface area contributed by atoms with Crippen LogP contribution in [0.4, 0.5) is 0 Å². The molecular weight excluding hydrogens is 380 g/mol. The first-order valence-electron chi connectivity index (χ1n) is 8.25. The molecule has 6 heteroatoms. The quantitative estimate of drug-likeness (QED) is 0.607. The average molecular weight is 403 g/mol. The molecule has 0 aliphatic rings. The molecule has 142 valence electrons. The Labute approximate surface area is 165 Å². The van der Waals surface area contributed by atoms with Crippen LogP contribution in [0.5, 0.6) is 11.5 Å². The summed E-state index contributed by atoms with van der Waals surface area (Å²) in [5.74, 6) is 0.830. The van der Waals surface area contributed by atoms with Crippen LogP contribution in [0.25, 0.3) is 0 Å². The number of aryl methyl sites for hydroxylation is 1. The molecule has 0 atom stereocenters. The summed E-state index contributed by atoms with van der Waals surface area (Å²) in [6.07, 6.45) is 2.12. The number of phenols is 1. The number of aromatic hydroxyl groups is 1. The van der Waals surface area contributed by atoms with Crippen LogP contribution < -0.4 is 4.18 Å². The van der Waals surface area contributed by atoms with Crippen molar-refractivity contribution in [2.75, 3.05) is 6.26 Å². The minimum Gasteiger partial charge on any atom is -0.504 e. The fourth-order valence-corrected chi connectivity index (χ4v) is 3.97. The van der Waals surface area contributed by atoms with Gasteiger partial charge in [0.05, 0.1) is 0 Å². The predicted molar refractivity (Wildman–Crippen MR) is 111 cm³/mol. The number of rotatable bonds is 5. The second kappa shape index (κ2) is 10.0. The lowest BCUT2D eigenvalue weighted by Gasteiger charge is -2.09. The highest BCUT2D eigenvalue weighted by Crippen LogP contribution is 2.28. The van der Waals surface area contributed by atoms with Crippen LogP contribution in [0.3, 0.4) is 0 Å². The molecule has 3 rings (SSSR count). The minimum absolute atomic E-state index is 0.0826. The van der Waals surface area contributed by atoms with Crippen LogP contribution in [-0.2, 0) is 15.9 Å². The standard InChI is InChI=1S/C13H12O4S.C8H10S/c1-10-6-2-5-9-13(10)18(15,16)17-12-8-4-3-7-11(12)14;1-9-7-8-5-3-2-4-6-8/h2-9,14H,1H3;2-6H,7H2,1H3. The number of para-hydroxylation sites is 2. The number of phenolic OH excluding ortho intramolecular Hbond substituents is 1. The summed E-state index contributed by atoms with van der Waals surface area (Å²) in [6.45, 7) is 1.68. The molecule has 0 aliphatic heterocycles. The first-order valence-corrected chi connectivity index (χ1v) is 11.0. The van der Waals surface area contributed by atoms with Gasteiger partial charge in [0.25, 0.3) is 0 Å². The van der Waals surface area contributed by atoms with Crippen molar-refractivity contribution in [3.05, 3.63) is 90.0 Å². The van der Waals surface area contributed by atoms with Gasteiger partial charge in [0.1, 0.15) is 4.90 Å². The van der Waals surface area contributed by atoms with Gasteiger partial charge < -0.3 is 9.29 Å². The van der Waals surface area contributed by atoms with E-state index in [2.05, 4.69) is 30.5 Å². The molecule has 0 amide bonds. The largest absolute Gasteiger partial charge is 0.504 e. The van der Waals surface area contributed by atoms with Crippen LogP contribution >= 0.6 is 11.8 Å². The molecule has 0 aromatic heterocycles. The van der Waals surface area contributed by atoms with Gasteiger partial charge in [-0.3, -0.25) is 0 Å². The molecule has 0 heterocycles. The third-order valence-corrected chi connectivity index (χ3v) is 5.60. The van der Waals surface area contributed by atoms with E-state index in [0.717, 1.165) is 5.75 Å². The summed E-state index contributed by atoms with van der Waals surface area (Å²) < 4.78 is 29.0. The number of thioether (sulfide) groups is 1. The van der Waals surface area contributed by atoms with Crippen molar-refractivity contribution in [2.24, 2.45) is 0 Å². The Morgan fingerprint density at radius 2 is 1.48 bits per heavy atom. The zero-order valence-electron chi connectivity index (χ0n) is 15.2. The van der Waals surface area contributed by atoms with Gasteiger partial charge in [0.15, 0.2) is 11.5 Å². The fraction of sp³-hybridized carbons (Fsp3) is 0.143. The van der Waals surface area contributed by atoms with E-state index < -0.39 is 10.1 Å². The van der Waals surface area contributed by atoms with Crippen LogP contribution in [0.1, 0.15) is 11.1 Å². The molecule has 0 saturated carbocycles. The molecule has 0 aliphatic carbocycles. The predicted octanol–water partition coefficient (Wildman–Crippen LogP) is 5.02. The van der Waals surface area contributed by atoms with E-state index in [1.165, 1.54) is 23.8 Å². The summed E-state index contributed by atoms with van der Waals surface area (Å²) in [7, 11) is -3.93. The molecule has 0 saturated heterocycles. The van der Waals surface area contributed by atoms with Crippen molar-refractivity contribution < 1.29 is 17.7 Å². The molecule has 0 bridgehead atoms. The lowest BCUT2D eigenvalue weighted by atomic mass is 10.2. The van der Waals surface area contributed by atoms with Crippen LogP contribution in [-0.4, -0.2) is 19.8 Å². The highest BCUT2D eigenvalue weighted by atomic mass is 32.2. The number of hydrogen-bond acceptors (Lipinski definition) is 5. The maximum atomic E-state index is 12.0. The molecular formula is C21H22O4S2. The Kier molecular flexibility index (Phi) is 7.76. The summed E-state index contributed by atoms with van der Waals surface area (Å²) in [4.78, 5) is 0.0910. The highest BCUT2D eigenvalue weighted by molar-refractivity contribution is 7.97. The summed E-state index contributed by atoms with van der Waals surface area (Å²) in [6, 6.07) is 22.9. The van der Waals surface area contributed by atoms with E-state index in [-0.39, 0.29) is 16.4 Å². The average Bonchev–Trinajstić information content (AvgIpc) is 2.65. The first kappa shape index (κ1) is 20.9. The maximum Gasteiger partial charge on any atom is 0.339 e. The molecule has 3 aromatic carbocycles. The van der Waals surface area contributed by atoms with Gasteiger partial charge in [-0.2, -0.15) is 20.2 Å². The van der Waals surface area contributed by atoms with Gasteiger partial charge in [0, 0.05) is 5.75 Å². The Morgan fingerprint density at radius 1 is 0.889 bits per heavy atom. The van der Waals surface area contributed by atoms with Crippen LogP contribution in [0.15, 0.2) is 83.8 Å². The Balaban J connectivity index is 0.000000244. The zero-order valence-corrected chi connectivity index (χ0v) is 16.8. The molecule has 1 N–H and O–H groups in total. The van der Waals surface area contributed by atoms with Crippen molar-refractivity contribution in [1.29, 1.82) is 0 Å². The van der Waals surface area contributed by atoms with Crippen molar-refractivity contribution in [2.45, 2.75) is 17.6 Å². The maximum absolute atomic E-state index is 12.0. The van der Waals surface area contributed by atoms with Crippen molar-refractivity contribution >= 4 is 21.9 Å². The number of hydrogen-bond donors (Lipinski definition) is 1. The molecule has 0 spiro atoms. The SMILES string of the molecule is CSCc1ccccc1.Cc1ccccc1S(=O)(=O)Oc1ccccc1O. The number of benzene rings is 3. The second-order valence-corrected chi connectivity index (χ2v) is 8.07. The van der Waals surface area contributed by atoms with Crippen LogP contribution in [0.2, 0.25) is 0 Å². The lowest BCUT2D eigenvalue weighted by Crippen LogP contribution is -2.11. The third kappa shape index (κ3) is 6.34. The monoisotopic (exact) mass is 402 g/mol. The van der Waals surface area contributed by atoms with Crippen molar-refractivity contribution in [3.63, 3.8) is 0 Å². The zero-order chi connectivity index (χ0) is 19.7. The minimum atomic E-state index is -3.93. The summed E-state index contributed by atoms with van der Waals surface area (Å²) in [5.41, 5.74) is 2.00. The van der Waals surface area contributed by atoms with Gasteiger partial charge >= 0.3 is 10.1 Å². The van der Waals surface area contributed by atoms with Crippen LogP contribution in [0, 0.1) is 6.92 Å². The lowest BCUT2D eigenvalue weighted by molar-refractivity contribution is 0.428. The molecule has 27 heavy (non-hydrogen) atoms. The highest BCUT2D eigenvalue weighted by Gasteiger charge is 2.20. The van der Waals surface area contributed by atoms with E-state index in [9.17, 15) is 13.5 Å². The van der Waals surface area contributed by atoms with Gasteiger partial charge in [-0.05, 0) is 42.5 Å². The van der Waals surface area contributed by atoms with Gasteiger partial charge in [0.2, 0.25) is 0 Å². The van der Waals surface area contributed by atoms with Crippen molar-refractivity contribution in [1.82, 2.24) is 0 Å². The van der Waals surface area contributed by atoms with Gasteiger partial charge in [-0.15, -0.1) is 0 Å². The third-order valence-electron chi connectivity index (χ3n) is 3.58. The Bertz CT molecular complexity index is 955. The summed E-state index contributed by atoms with van der Waals surface area (Å²) >= 11 is 1.85. The van der Waals surface area contributed by atoms with Crippen molar-refractivity contribution in [3.8, 4) is 11.5 Å². The van der Waals surface area contributed by atoms with E-state index in [0.29, 0.717) is 5.56 Å². The first-order chi connectivity index (χ1) is 12.9. The molecule has 4 nitrogen and oxygen atoms in total. The molecule has 0 fully saturated rings.